The van der Waals surface area contributed by atoms with E-state index in [1.165, 1.54) is 45.8 Å². The summed E-state index contributed by atoms with van der Waals surface area (Å²) in [5, 5.41) is 5.32. The van der Waals surface area contributed by atoms with E-state index in [1.54, 1.807) is 17.5 Å². The average Bonchev–Trinajstić information content (AvgIpc) is 3.37. The first-order chi connectivity index (χ1) is 14.8. The number of nitrogens with zero attached hydrogens (tertiary/aromatic N) is 3. The van der Waals surface area contributed by atoms with Gasteiger partial charge in [0.05, 0.1) is 17.3 Å². The summed E-state index contributed by atoms with van der Waals surface area (Å²) in [7, 11) is 0. The van der Waals surface area contributed by atoms with Crippen molar-refractivity contribution in [3.63, 3.8) is 0 Å². The zero-order chi connectivity index (χ0) is 22.0. The van der Waals surface area contributed by atoms with Crippen molar-refractivity contribution in [1.82, 2.24) is 14.5 Å². The molecule has 0 unspecified atom stereocenters. The fourth-order valence-corrected chi connectivity index (χ4v) is 4.55. The van der Waals surface area contributed by atoms with Crippen LogP contribution in [0.2, 0.25) is 0 Å². The molecule has 0 bridgehead atoms. The van der Waals surface area contributed by atoms with Gasteiger partial charge in [0.1, 0.15) is 4.83 Å². The highest BCUT2D eigenvalue weighted by atomic mass is 32.1. The van der Waals surface area contributed by atoms with Crippen molar-refractivity contribution >= 4 is 43.9 Å². The van der Waals surface area contributed by atoms with E-state index < -0.39 is 11.7 Å². The molecule has 1 amide bonds. The van der Waals surface area contributed by atoms with Crippen LogP contribution in [-0.4, -0.2) is 20.4 Å². The fourth-order valence-electron chi connectivity index (χ4n) is 2.96. The SMILES string of the molecule is O=C(CCn1cnc2sccc2c1=O)Nc1ncc(Cc2cccc(C(F)(F)F)c2)s1. The van der Waals surface area contributed by atoms with E-state index >= 15 is 0 Å². The molecular weight excluding hydrogens is 449 g/mol. The minimum Gasteiger partial charge on any atom is -0.302 e. The lowest BCUT2D eigenvalue weighted by Gasteiger charge is -2.07. The number of carbonyl (C=O) groups is 1. The molecule has 3 aromatic heterocycles. The van der Waals surface area contributed by atoms with Gasteiger partial charge in [0.15, 0.2) is 5.13 Å². The summed E-state index contributed by atoms with van der Waals surface area (Å²) in [6, 6.07) is 6.82. The van der Waals surface area contributed by atoms with Crippen LogP contribution in [-0.2, 0) is 23.9 Å². The molecule has 4 aromatic rings. The van der Waals surface area contributed by atoms with Crippen molar-refractivity contribution in [3.05, 3.63) is 74.6 Å². The van der Waals surface area contributed by atoms with Gasteiger partial charge in [-0.25, -0.2) is 9.97 Å². The molecule has 0 aliphatic rings. The summed E-state index contributed by atoms with van der Waals surface area (Å²) in [5.41, 5.74) is -0.392. The van der Waals surface area contributed by atoms with Gasteiger partial charge in [0.25, 0.3) is 5.56 Å². The summed E-state index contributed by atoms with van der Waals surface area (Å²) in [6.07, 6.45) is -1.11. The summed E-state index contributed by atoms with van der Waals surface area (Å²) >= 11 is 2.57. The molecule has 4 rings (SSSR count). The Morgan fingerprint density at radius 2 is 2.03 bits per heavy atom. The van der Waals surface area contributed by atoms with E-state index in [9.17, 15) is 22.8 Å². The van der Waals surface area contributed by atoms with Crippen molar-refractivity contribution in [2.75, 3.05) is 5.32 Å². The second-order valence-electron chi connectivity index (χ2n) is 6.69. The molecule has 0 atom stereocenters. The predicted molar refractivity (Wildman–Crippen MR) is 113 cm³/mol. The smallest absolute Gasteiger partial charge is 0.302 e. The molecule has 0 radical (unpaired) electrons. The molecule has 1 N–H and O–H groups in total. The summed E-state index contributed by atoms with van der Waals surface area (Å²) in [4.78, 5) is 34.3. The molecule has 0 aliphatic carbocycles. The third-order valence-corrected chi connectivity index (χ3v) is 6.20. The lowest BCUT2D eigenvalue weighted by Crippen LogP contribution is -2.23. The fraction of sp³-hybridized carbons (Fsp3) is 0.200. The first kappa shape index (κ1) is 21.2. The Morgan fingerprint density at radius 3 is 2.84 bits per heavy atom. The van der Waals surface area contributed by atoms with Crippen LogP contribution in [0, 0.1) is 0 Å². The number of thiazole rings is 1. The maximum Gasteiger partial charge on any atom is 0.416 e. The van der Waals surface area contributed by atoms with E-state index in [2.05, 4.69) is 15.3 Å². The van der Waals surface area contributed by atoms with Crippen molar-refractivity contribution in [1.29, 1.82) is 0 Å². The number of halogens is 3. The third kappa shape index (κ3) is 5.00. The molecular formula is C20H15F3N4O2S2. The molecule has 1 aromatic carbocycles. The number of rotatable bonds is 6. The van der Waals surface area contributed by atoms with Gasteiger partial charge in [-0.05, 0) is 23.1 Å². The van der Waals surface area contributed by atoms with Gasteiger partial charge in [-0.15, -0.1) is 22.7 Å². The largest absolute Gasteiger partial charge is 0.416 e. The summed E-state index contributed by atoms with van der Waals surface area (Å²) in [6.45, 7) is 0.173. The van der Waals surface area contributed by atoms with Gasteiger partial charge in [-0.1, -0.05) is 18.2 Å². The molecule has 6 nitrogen and oxygen atoms in total. The number of hydrogen-bond acceptors (Lipinski definition) is 6. The number of nitrogens with one attached hydrogen (secondary N) is 1. The highest BCUT2D eigenvalue weighted by Gasteiger charge is 2.30. The number of benzene rings is 1. The lowest BCUT2D eigenvalue weighted by molar-refractivity contribution is -0.137. The first-order valence-electron chi connectivity index (χ1n) is 9.13. The highest BCUT2D eigenvalue weighted by molar-refractivity contribution is 7.16. The molecule has 160 valence electrons. The average molecular weight is 464 g/mol. The van der Waals surface area contributed by atoms with Crippen molar-refractivity contribution in [2.24, 2.45) is 0 Å². The van der Waals surface area contributed by atoms with Crippen LogP contribution in [0.1, 0.15) is 22.4 Å². The predicted octanol–water partition coefficient (Wildman–Crippen LogP) is 4.55. The monoisotopic (exact) mass is 464 g/mol. The Hall–Kier alpha value is -3.05. The second kappa shape index (κ2) is 8.60. The first-order valence-corrected chi connectivity index (χ1v) is 10.8. The van der Waals surface area contributed by atoms with Crippen LogP contribution in [0.25, 0.3) is 10.2 Å². The molecule has 0 spiro atoms. The molecule has 31 heavy (non-hydrogen) atoms. The van der Waals surface area contributed by atoms with Gasteiger partial charge in [0, 0.05) is 30.5 Å². The molecule has 0 saturated heterocycles. The van der Waals surface area contributed by atoms with Crippen LogP contribution in [0.4, 0.5) is 18.3 Å². The van der Waals surface area contributed by atoms with E-state index in [0.717, 1.165) is 17.0 Å². The van der Waals surface area contributed by atoms with Crippen molar-refractivity contribution in [3.8, 4) is 0 Å². The number of anilines is 1. The van der Waals surface area contributed by atoms with E-state index in [0.29, 0.717) is 20.9 Å². The van der Waals surface area contributed by atoms with E-state index in [4.69, 9.17) is 0 Å². The van der Waals surface area contributed by atoms with Crippen molar-refractivity contribution in [2.45, 2.75) is 25.6 Å². The Kier molecular flexibility index (Phi) is 5.88. The Bertz CT molecular complexity index is 1290. The number of aromatic nitrogens is 3. The Labute approximate surface area is 182 Å². The van der Waals surface area contributed by atoms with Crippen LogP contribution >= 0.6 is 22.7 Å². The van der Waals surface area contributed by atoms with Crippen LogP contribution in [0.15, 0.2) is 53.0 Å². The highest BCUT2D eigenvalue weighted by Crippen LogP contribution is 2.30. The summed E-state index contributed by atoms with van der Waals surface area (Å²) in [5.74, 6) is -0.322. The third-order valence-electron chi connectivity index (χ3n) is 4.46. The van der Waals surface area contributed by atoms with Crippen LogP contribution in [0.3, 0.4) is 0 Å². The second-order valence-corrected chi connectivity index (χ2v) is 8.70. The Morgan fingerprint density at radius 1 is 1.19 bits per heavy atom. The standard InChI is InChI=1S/C20H15F3N4O2S2/c21-20(22,23)13-3-1-2-12(8-13)9-14-10-24-19(31-14)26-16(28)4-6-27-11-25-17-15(18(27)29)5-7-30-17/h1-3,5,7-8,10-11H,4,6,9H2,(H,24,26,28). The zero-order valence-electron chi connectivity index (χ0n) is 15.8. The van der Waals surface area contributed by atoms with E-state index in [-0.39, 0.29) is 30.9 Å². The Balaban J connectivity index is 1.36. The van der Waals surface area contributed by atoms with E-state index in [1.807, 2.05) is 0 Å². The van der Waals surface area contributed by atoms with Gasteiger partial charge in [-0.2, -0.15) is 13.2 Å². The topological polar surface area (TPSA) is 76.9 Å². The maximum absolute atomic E-state index is 12.9. The van der Waals surface area contributed by atoms with Gasteiger partial charge < -0.3 is 5.32 Å². The van der Waals surface area contributed by atoms with Crippen LogP contribution < -0.4 is 10.9 Å². The van der Waals surface area contributed by atoms with Crippen LogP contribution in [0.5, 0.6) is 0 Å². The normalized spacial score (nSPS) is 11.7. The summed E-state index contributed by atoms with van der Waals surface area (Å²) < 4.78 is 39.9. The van der Waals surface area contributed by atoms with Gasteiger partial charge in [-0.3, -0.25) is 14.2 Å². The number of alkyl halides is 3. The maximum atomic E-state index is 12.9. The van der Waals surface area contributed by atoms with Gasteiger partial charge in [0.2, 0.25) is 5.91 Å². The zero-order valence-corrected chi connectivity index (χ0v) is 17.5. The molecule has 0 saturated carbocycles. The number of thiophene rings is 1. The minimum atomic E-state index is -4.39. The number of fused-ring (bicyclic) bond motifs is 1. The van der Waals surface area contributed by atoms with Crippen molar-refractivity contribution < 1.29 is 18.0 Å². The molecule has 0 aliphatic heterocycles. The molecule has 0 fully saturated rings. The minimum absolute atomic E-state index is 0.0553. The molecule has 11 heteroatoms. The number of hydrogen-bond donors (Lipinski definition) is 1. The number of amides is 1. The molecule has 3 heterocycles. The number of aryl methyl sites for hydroxylation is 1. The quantitative estimate of drug-likeness (QED) is 0.454. The lowest BCUT2D eigenvalue weighted by atomic mass is 10.1. The number of carbonyl (C=O) groups excluding carboxylic acids is 1. The van der Waals surface area contributed by atoms with Gasteiger partial charge >= 0.3 is 6.18 Å².